The molecule has 0 bridgehead atoms. The zero-order chi connectivity index (χ0) is 15.9. The average molecular weight is 314 g/mol. The summed E-state index contributed by atoms with van der Waals surface area (Å²) in [5, 5.41) is 16.7. The third kappa shape index (κ3) is 4.64. The average Bonchev–Trinajstić information content (AvgIpc) is 2.62. The number of benzene rings is 1. The summed E-state index contributed by atoms with van der Waals surface area (Å²) in [5.41, 5.74) is 0.881. The zero-order valence-electron chi connectivity index (χ0n) is 13.0. The Bertz CT molecular complexity index is 603. The molecule has 0 amide bonds. The minimum atomic E-state index is -0.575. The lowest BCUT2D eigenvalue weighted by Gasteiger charge is -2.23. The van der Waals surface area contributed by atoms with E-state index in [0.717, 1.165) is 30.8 Å². The molecule has 0 aliphatic carbocycles. The number of anilines is 2. The molecule has 122 valence electrons. The van der Waals surface area contributed by atoms with E-state index in [1.165, 1.54) is 6.33 Å². The summed E-state index contributed by atoms with van der Waals surface area (Å²) in [4.78, 5) is 8.43. The highest BCUT2D eigenvalue weighted by molar-refractivity contribution is 5.47. The van der Waals surface area contributed by atoms with Gasteiger partial charge >= 0.3 is 0 Å². The van der Waals surface area contributed by atoms with E-state index in [1.54, 1.807) is 0 Å². The van der Waals surface area contributed by atoms with Crippen LogP contribution >= 0.6 is 0 Å². The maximum atomic E-state index is 10.2. The Kier molecular flexibility index (Phi) is 5.39. The van der Waals surface area contributed by atoms with Gasteiger partial charge in [-0.15, -0.1) is 0 Å². The molecule has 2 aromatic rings. The van der Waals surface area contributed by atoms with Crippen molar-refractivity contribution in [2.45, 2.75) is 25.0 Å². The molecule has 1 saturated heterocycles. The fourth-order valence-corrected chi connectivity index (χ4v) is 2.59. The topological polar surface area (TPSA) is 79.3 Å². The van der Waals surface area contributed by atoms with E-state index in [2.05, 4.69) is 20.6 Å². The van der Waals surface area contributed by atoms with E-state index < -0.39 is 6.10 Å². The van der Waals surface area contributed by atoms with E-state index in [4.69, 9.17) is 4.74 Å². The van der Waals surface area contributed by atoms with Crippen molar-refractivity contribution in [1.82, 2.24) is 9.97 Å². The number of nitrogens with one attached hydrogen (secondary N) is 2. The molecule has 3 N–H and O–H groups in total. The van der Waals surface area contributed by atoms with Crippen LogP contribution in [0.2, 0.25) is 0 Å². The molecule has 0 spiro atoms. The predicted molar refractivity (Wildman–Crippen MR) is 89.4 cm³/mol. The summed E-state index contributed by atoms with van der Waals surface area (Å²) < 4.78 is 5.46. The molecule has 2 atom stereocenters. The zero-order valence-corrected chi connectivity index (χ0v) is 13.0. The van der Waals surface area contributed by atoms with Crippen molar-refractivity contribution in [2.24, 2.45) is 0 Å². The van der Waals surface area contributed by atoms with Crippen molar-refractivity contribution in [2.75, 3.05) is 30.4 Å². The van der Waals surface area contributed by atoms with Crippen LogP contribution in [0.4, 0.5) is 11.6 Å². The van der Waals surface area contributed by atoms with Crippen molar-refractivity contribution in [1.29, 1.82) is 0 Å². The largest absolute Gasteiger partial charge is 0.387 e. The highest BCUT2D eigenvalue weighted by Crippen LogP contribution is 2.16. The van der Waals surface area contributed by atoms with Gasteiger partial charge in [0, 0.05) is 19.2 Å². The van der Waals surface area contributed by atoms with E-state index in [1.807, 2.05) is 36.4 Å². The van der Waals surface area contributed by atoms with Gasteiger partial charge in [-0.05, 0) is 18.4 Å². The summed E-state index contributed by atoms with van der Waals surface area (Å²) >= 11 is 0. The van der Waals surface area contributed by atoms with Crippen LogP contribution in [-0.2, 0) is 4.74 Å². The van der Waals surface area contributed by atoms with Crippen LogP contribution in [0.1, 0.15) is 24.5 Å². The van der Waals surface area contributed by atoms with Gasteiger partial charge in [0.25, 0.3) is 0 Å². The number of aliphatic hydroxyl groups excluding tert-OH is 1. The van der Waals surface area contributed by atoms with E-state index >= 15 is 0 Å². The van der Waals surface area contributed by atoms with Gasteiger partial charge in [-0.1, -0.05) is 30.3 Å². The number of hydrogen-bond acceptors (Lipinski definition) is 6. The first-order chi connectivity index (χ1) is 11.3. The molecule has 0 saturated carbocycles. The summed E-state index contributed by atoms with van der Waals surface area (Å²) in [7, 11) is 0. The van der Waals surface area contributed by atoms with Gasteiger partial charge in [0.05, 0.1) is 18.8 Å². The van der Waals surface area contributed by atoms with Crippen LogP contribution < -0.4 is 10.6 Å². The summed E-state index contributed by atoms with van der Waals surface area (Å²) in [5.74, 6) is 1.46. The van der Waals surface area contributed by atoms with Gasteiger partial charge in [-0.25, -0.2) is 9.97 Å². The Balaban J connectivity index is 1.55. The smallest absolute Gasteiger partial charge is 0.131 e. The first-order valence-corrected chi connectivity index (χ1v) is 7.94. The Morgan fingerprint density at radius 1 is 1.22 bits per heavy atom. The van der Waals surface area contributed by atoms with Gasteiger partial charge in [-0.2, -0.15) is 0 Å². The van der Waals surface area contributed by atoms with Gasteiger partial charge in [0.1, 0.15) is 18.0 Å². The Hall–Kier alpha value is -2.18. The SMILES string of the molecule is OC(CNc1cc(NC2CCCOC2)ncn1)c1ccccc1. The second-order valence-corrected chi connectivity index (χ2v) is 5.65. The quantitative estimate of drug-likeness (QED) is 0.759. The molecule has 23 heavy (non-hydrogen) atoms. The maximum absolute atomic E-state index is 10.2. The van der Waals surface area contributed by atoms with Crippen LogP contribution in [0.25, 0.3) is 0 Å². The minimum absolute atomic E-state index is 0.293. The normalized spacial score (nSPS) is 19.1. The van der Waals surface area contributed by atoms with Crippen molar-refractivity contribution in [3.05, 3.63) is 48.3 Å². The number of ether oxygens (including phenoxy) is 1. The van der Waals surface area contributed by atoms with E-state index in [9.17, 15) is 5.11 Å². The highest BCUT2D eigenvalue weighted by atomic mass is 16.5. The number of hydrogen-bond donors (Lipinski definition) is 3. The fraction of sp³-hybridized carbons (Fsp3) is 0.412. The molecule has 6 heteroatoms. The first-order valence-electron chi connectivity index (χ1n) is 7.94. The van der Waals surface area contributed by atoms with Crippen molar-refractivity contribution >= 4 is 11.6 Å². The molecule has 6 nitrogen and oxygen atoms in total. The number of aliphatic hydroxyl groups is 1. The molecule has 3 rings (SSSR count). The van der Waals surface area contributed by atoms with Crippen LogP contribution in [-0.4, -0.2) is 40.9 Å². The van der Waals surface area contributed by atoms with Gasteiger partial charge in [-0.3, -0.25) is 0 Å². The van der Waals surface area contributed by atoms with Crippen molar-refractivity contribution in [3.8, 4) is 0 Å². The second kappa shape index (κ2) is 7.89. The third-order valence-corrected chi connectivity index (χ3v) is 3.84. The third-order valence-electron chi connectivity index (χ3n) is 3.84. The Morgan fingerprint density at radius 2 is 2.04 bits per heavy atom. The number of rotatable bonds is 6. The number of aromatic nitrogens is 2. The van der Waals surface area contributed by atoms with E-state index in [-0.39, 0.29) is 0 Å². The van der Waals surface area contributed by atoms with Gasteiger partial charge in [0.15, 0.2) is 0 Å². The van der Waals surface area contributed by atoms with Gasteiger partial charge < -0.3 is 20.5 Å². The monoisotopic (exact) mass is 314 g/mol. The molecule has 1 aromatic heterocycles. The maximum Gasteiger partial charge on any atom is 0.131 e. The molecule has 2 unspecified atom stereocenters. The van der Waals surface area contributed by atoms with Crippen molar-refractivity contribution < 1.29 is 9.84 Å². The first kappa shape index (κ1) is 15.7. The fourth-order valence-electron chi connectivity index (χ4n) is 2.59. The summed E-state index contributed by atoms with van der Waals surface area (Å²) in [6.07, 6.45) is 3.09. The molecular weight excluding hydrogens is 292 g/mol. The Labute approximate surface area is 135 Å². The van der Waals surface area contributed by atoms with Crippen LogP contribution in [0.5, 0.6) is 0 Å². The molecule has 1 aromatic carbocycles. The molecule has 1 aliphatic rings. The molecule has 0 radical (unpaired) electrons. The lowest BCUT2D eigenvalue weighted by Crippen LogP contribution is -2.30. The summed E-state index contributed by atoms with van der Waals surface area (Å²) in [6.45, 7) is 1.94. The highest BCUT2D eigenvalue weighted by Gasteiger charge is 2.14. The predicted octanol–water partition coefficient (Wildman–Crippen LogP) is 2.21. The number of nitrogens with zero attached hydrogens (tertiary/aromatic N) is 2. The van der Waals surface area contributed by atoms with Crippen LogP contribution in [0.3, 0.4) is 0 Å². The van der Waals surface area contributed by atoms with Crippen molar-refractivity contribution in [3.63, 3.8) is 0 Å². The lowest BCUT2D eigenvalue weighted by atomic mass is 10.1. The standard InChI is InChI=1S/C17H22N4O2/c22-15(13-5-2-1-3-6-13)10-18-16-9-17(20-12-19-16)21-14-7-4-8-23-11-14/h1-3,5-6,9,12,14-15,22H,4,7-8,10-11H2,(H2,18,19,20,21). The molecule has 1 aliphatic heterocycles. The molecule has 2 heterocycles. The molecule has 1 fully saturated rings. The molecular formula is C17H22N4O2. The Morgan fingerprint density at radius 3 is 2.83 bits per heavy atom. The van der Waals surface area contributed by atoms with Crippen LogP contribution in [0.15, 0.2) is 42.7 Å². The minimum Gasteiger partial charge on any atom is -0.387 e. The summed E-state index contributed by atoms with van der Waals surface area (Å²) in [6, 6.07) is 11.7. The van der Waals surface area contributed by atoms with Crippen LogP contribution in [0, 0.1) is 0 Å². The van der Waals surface area contributed by atoms with Gasteiger partial charge in [0.2, 0.25) is 0 Å². The second-order valence-electron chi connectivity index (χ2n) is 5.65. The van der Waals surface area contributed by atoms with E-state index in [0.29, 0.717) is 25.0 Å². The lowest BCUT2D eigenvalue weighted by molar-refractivity contribution is 0.0875.